The second-order valence-electron chi connectivity index (χ2n) is 6.12. The summed E-state index contributed by atoms with van der Waals surface area (Å²) in [5, 5.41) is 12.1. The third kappa shape index (κ3) is 4.32. The molecular formula is C18H23N3O2. The number of hydrogen-bond acceptors (Lipinski definition) is 3. The van der Waals surface area contributed by atoms with Crippen molar-refractivity contribution in [2.45, 2.75) is 46.0 Å². The van der Waals surface area contributed by atoms with Gasteiger partial charge in [-0.1, -0.05) is 12.2 Å². The first kappa shape index (κ1) is 17.0. The summed E-state index contributed by atoms with van der Waals surface area (Å²) < 4.78 is 0. The first-order chi connectivity index (χ1) is 11.0. The highest BCUT2D eigenvalue weighted by atomic mass is 16.1. The van der Waals surface area contributed by atoms with Crippen molar-refractivity contribution in [3.8, 4) is 6.07 Å². The lowest BCUT2D eigenvalue weighted by Crippen LogP contribution is -2.30. The number of carbonyl (C=O) groups excluding carboxylic acids is 1. The minimum atomic E-state index is -0.360. The minimum absolute atomic E-state index is 0.0167. The number of carbonyl (C=O) groups is 1. The van der Waals surface area contributed by atoms with Crippen LogP contribution in [-0.2, 0) is 11.2 Å². The molecule has 0 fully saturated rings. The normalized spacial score (nSPS) is 16.8. The van der Waals surface area contributed by atoms with Crippen LogP contribution in [-0.4, -0.2) is 17.4 Å². The maximum atomic E-state index is 12.0. The number of nitrogens with zero attached hydrogens (tertiary/aromatic N) is 1. The van der Waals surface area contributed by atoms with Crippen LogP contribution in [0.15, 0.2) is 16.9 Å². The Morgan fingerprint density at radius 1 is 1.43 bits per heavy atom. The number of nitriles is 1. The van der Waals surface area contributed by atoms with E-state index in [1.54, 1.807) is 13.8 Å². The Bertz CT molecular complexity index is 710. The Labute approximate surface area is 136 Å². The van der Waals surface area contributed by atoms with Crippen LogP contribution < -0.4 is 10.9 Å². The molecule has 0 radical (unpaired) electrons. The van der Waals surface area contributed by atoms with E-state index in [0.29, 0.717) is 24.3 Å². The molecule has 2 N–H and O–H groups in total. The molecular weight excluding hydrogens is 290 g/mol. The monoisotopic (exact) mass is 313 g/mol. The van der Waals surface area contributed by atoms with E-state index in [2.05, 4.69) is 22.5 Å². The maximum Gasteiger partial charge on any atom is 0.266 e. The molecule has 122 valence electrons. The Kier molecular flexibility index (Phi) is 5.75. The fourth-order valence-corrected chi connectivity index (χ4v) is 3.05. The number of allylic oxidation sites excluding steroid dienone is 2. The summed E-state index contributed by atoms with van der Waals surface area (Å²) in [5.74, 6) is 0.550. The molecule has 1 aromatic rings. The van der Waals surface area contributed by atoms with E-state index in [0.717, 1.165) is 37.1 Å². The summed E-state index contributed by atoms with van der Waals surface area (Å²) in [7, 11) is 0. The van der Waals surface area contributed by atoms with Crippen LogP contribution in [0, 0.1) is 31.1 Å². The van der Waals surface area contributed by atoms with Crippen molar-refractivity contribution < 1.29 is 4.79 Å². The van der Waals surface area contributed by atoms with Crippen LogP contribution in [0.4, 0.5) is 0 Å². The molecule has 0 aromatic carbocycles. The van der Waals surface area contributed by atoms with Gasteiger partial charge >= 0.3 is 0 Å². The number of nitrogens with one attached hydrogen (secondary N) is 2. The van der Waals surface area contributed by atoms with Crippen molar-refractivity contribution in [1.29, 1.82) is 5.26 Å². The van der Waals surface area contributed by atoms with Crippen molar-refractivity contribution in [2.75, 3.05) is 6.54 Å². The van der Waals surface area contributed by atoms with E-state index in [4.69, 9.17) is 5.26 Å². The Hall–Kier alpha value is -2.35. The van der Waals surface area contributed by atoms with Gasteiger partial charge in [-0.25, -0.2) is 0 Å². The van der Waals surface area contributed by atoms with Crippen molar-refractivity contribution in [1.82, 2.24) is 10.3 Å². The number of aryl methyl sites for hydroxylation is 1. The fourth-order valence-electron chi connectivity index (χ4n) is 3.05. The molecule has 23 heavy (non-hydrogen) atoms. The molecule has 5 nitrogen and oxygen atoms in total. The van der Waals surface area contributed by atoms with Crippen molar-refractivity contribution in [3.05, 3.63) is 44.9 Å². The SMILES string of the molecule is Cc1[nH]c(=O)c(C#N)c(C)c1CCC(=O)NCC1CC=CCC1. The van der Waals surface area contributed by atoms with Gasteiger partial charge in [-0.15, -0.1) is 0 Å². The van der Waals surface area contributed by atoms with Gasteiger partial charge < -0.3 is 10.3 Å². The Balaban J connectivity index is 1.93. The van der Waals surface area contributed by atoms with Crippen LogP contribution in [0.2, 0.25) is 0 Å². The number of H-pyrrole nitrogens is 1. The van der Waals surface area contributed by atoms with E-state index < -0.39 is 0 Å². The number of aromatic amines is 1. The zero-order valence-corrected chi connectivity index (χ0v) is 13.7. The van der Waals surface area contributed by atoms with E-state index in [1.165, 1.54) is 0 Å². The van der Waals surface area contributed by atoms with Gasteiger partial charge in [-0.2, -0.15) is 5.26 Å². The fraction of sp³-hybridized carbons (Fsp3) is 0.500. The smallest absolute Gasteiger partial charge is 0.266 e. The lowest BCUT2D eigenvalue weighted by Gasteiger charge is -2.18. The standard InChI is InChI=1S/C18H23N3O2/c1-12-15(13(2)21-18(23)16(12)10-19)8-9-17(22)20-11-14-6-4-3-5-7-14/h3-4,14H,5-9,11H2,1-2H3,(H,20,22)(H,21,23). The molecule has 1 aliphatic carbocycles. The summed E-state index contributed by atoms with van der Waals surface area (Å²) in [6, 6.07) is 1.94. The summed E-state index contributed by atoms with van der Waals surface area (Å²) in [6.45, 7) is 4.29. The maximum absolute atomic E-state index is 12.0. The number of amides is 1. The molecule has 2 rings (SSSR count). The van der Waals surface area contributed by atoms with Crippen molar-refractivity contribution >= 4 is 5.91 Å². The van der Waals surface area contributed by atoms with Gasteiger partial charge in [0.2, 0.25) is 5.91 Å². The zero-order chi connectivity index (χ0) is 16.8. The van der Waals surface area contributed by atoms with Gasteiger partial charge in [0, 0.05) is 18.7 Å². The van der Waals surface area contributed by atoms with Crippen LogP contribution in [0.25, 0.3) is 0 Å². The number of aromatic nitrogens is 1. The second kappa shape index (κ2) is 7.77. The molecule has 1 unspecified atom stereocenters. The van der Waals surface area contributed by atoms with Crippen LogP contribution in [0.5, 0.6) is 0 Å². The lowest BCUT2D eigenvalue weighted by molar-refractivity contribution is -0.121. The van der Waals surface area contributed by atoms with Gasteiger partial charge in [0.25, 0.3) is 5.56 Å². The van der Waals surface area contributed by atoms with Gasteiger partial charge in [0.1, 0.15) is 11.6 Å². The molecule has 5 heteroatoms. The molecule has 0 saturated heterocycles. The third-order valence-electron chi connectivity index (χ3n) is 4.49. The van der Waals surface area contributed by atoms with Crippen LogP contribution in [0.3, 0.4) is 0 Å². The molecule has 1 atom stereocenters. The summed E-state index contributed by atoms with van der Waals surface area (Å²) >= 11 is 0. The predicted molar refractivity (Wildman–Crippen MR) is 89.1 cm³/mol. The summed E-state index contributed by atoms with van der Waals surface area (Å²) in [4.78, 5) is 26.4. The van der Waals surface area contributed by atoms with E-state index >= 15 is 0 Å². The van der Waals surface area contributed by atoms with E-state index in [-0.39, 0.29) is 17.0 Å². The van der Waals surface area contributed by atoms with E-state index in [1.807, 2.05) is 6.07 Å². The molecule has 1 aromatic heterocycles. The zero-order valence-electron chi connectivity index (χ0n) is 13.7. The van der Waals surface area contributed by atoms with Gasteiger partial charge in [0.15, 0.2) is 0 Å². The Morgan fingerprint density at radius 2 is 2.22 bits per heavy atom. The molecule has 0 saturated carbocycles. The van der Waals surface area contributed by atoms with Crippen LogP contribution in [0.1, 0.15) is 48.1 Å². The molecule has 0 bridgehead atoms. The Morgan fingerprint density at radius 3 is 2.87 bits per heavy atom. The number of hydrogen-bond donors (Lipinski definition) is 2. The van der Waals surface area contributed by atoms with Gasteiger partial charge in [0.05, 0.1) is 0 Å². The minimum Gasteiger partial charge on any atom is -0.356 e. The summed E-state index contributed by atoms with van der Waals surface area (Å²) in [6.07, 6.45) is 8.50. The first-order valence-corrected chi connectivity index (χ1v) is 8.07. The topological polar surface area (TPSA) is 85.8 Å². The molecule has 0 spiro atoms. The molecule has 1 heterocycles. The average Bonchev–Trinajstić information content (AvgIpc) is 2.53. The summed E-state index contributed by atoms with van der Waals surface area (Å²) in [5.41, 5.74) is 2.08. The predicted octanol–water partition coefficient (Wildman–Crippen LogP) is 2.27. The first-order valence-electron chi connectivity index (χ1n) is 8.07. The third-order valence-corrected chi connectivity index (χ3v) is 4.49. The quantitative estimate of drug-likeness (QED) is 0.818. The molecule has 1 amide bonds. The van der Waals surface area contributed by atoms with Gasteiger partial charge in [-0.3, -0.25) is 9.59 Å². The van der Waals surface area contributed by atoms with Crippen LogP contribution >= 0.6 is 0 Å². The molecule has 1 aliphatic rings. The highest BCUT2D eigenvalue weighted by Gasteiger charge is 2.14. The second-order valence-corrected chi connectivity index (χ2v) is 6.12. The molecule has 0 aliphatic heterocycles. The van der Waals surface area contributed by atoms with E-state index in [9.17, 15) is 9.59 Å². The average molecular weight is 313 g/mol. The highest BCUT2D eigenvalue weighted by molar-refractivity contribution is 5.76. The highest BCUT2D eigenvalue weighted by Crippen LogP contribution is 2.17. The lowest BCUT2D eigenvalue weighted by atomic mass is 9.94. The number of rotatable bonds is 5. The van der Waals surface area contributed by atoms with Gasteiger partial charge in [-0.05, 0) is 56.6 Å². The van der Waals surface area contributed by atoms with Crippen molar-refractivity contribution in [2.24, 2.45) is 5.92 Å². The largest absolute Gasteiger partial charge is 0.356 e. The van der Waals surface area contributed by atoms with Crippen molar-refractivity contribution in [3.63, 3.8) is 0 Å². The number of pyridine rings is 1.